The maximum Gasteiger partial charge on any atom is 0.0485 e. The van der Waals surface area contributed by atoms with Gasteiger partial charge in [0, 0.05) is 63.3 Å². The molecule has 192 valence electrons. The fourth-order valence-corrected chi connectivity index (χ4v) is 4.15. The Labute approximate surface area is 239 Å². The van der Waals surface area contributed by atoms with Crippen molar-refractivity contribution in [2.24, 2.45) is 0 Å². The van der Waals surface area contributed by atoms with Crippen molar-refractivity contribution in [1.82, 2.24) is 24.8 Å². The minimum atomic E-state index is 0. The van der Waals surface area contributed by atoms with E-state index in [4.69, 9.17) is 0 Å². The highest BCUT2D eigenvalue weighted by Crippen LogP contribution is 2.25. The van der Waals surface area contributed by atoms with Crippen molar-refractivity contribution >= 4 is 91.9 Å². The molecule has 2 aliphatic rings. The van der Waals surface area contributed by atoms with Crippen LogP contribution < -0.4 is 21.4 Å². The van der Waals surface area contributed by atoms with Gasteiger partial charge in [0.25, 0.3) is 0 Å². The molecule has 5 nitrogen and oxygen atoms in total. The zero-order chi connectivity index (χ0) is 20.8. The van der Waals surface area contributed by atoms with Crippen LogP contribution in [0.1, 0.15) is 28.3 Å². The van der Waals surface area contributed by atoms with Gasteiger partial charge in [-0.2, -0.15) is 0 Å². The first kappa shape index (κ1) is 31.4. The van der Waals surface area contributed by atoms with Gasteiger partial charge in [0.1, 0.15) is 0 Å². The Morgan fingerprint density at radius 1 is 0.611 bits per heavy atom. The monoisotopic (exact) mass is 585 g/mol. The van der Waals surface area contributed by atoms with E-state index in [0.717, 1.165) is 50.7 Å². The average Bonchev–Trinajstić information content (AvgIpc) is 3.54. The van der Waals surface area contributed by atoms with E-state index in [2.05, 4.69) is 117 Å². The number of likely N-dealkylation sites (N-methyl/N-ethyl adjacent to an activating group) is 1. The molecule has 4 aromatic heterocycles. The number of allylic oxidation sites excluding steroid dienone is 2. The van der Waals surface area contributed by atoms with Gasteiger partial charge in [-0.1, -0.05) is 6.08 Å². The van der Waals surface area contributed by atoms with Gasteiger partial charge in [-0.15, -0.1) is 62.0 Å². The quantitative estimate of drug-likeness (QED) is 0.238. The van der Waals surface area contributed by atoms with Crippen LogP contribution in [0, 0.1) is 0 Å². The van der Waals surface area contributed by atoms with Crippen molar-refractivity contribution in [3.8, 4) is 0 Å². The van der Waals surface area contributed by atoms with Gasteiger partial charge in [-0.25, -0.2) is 0 Å². The highest BCUT2D eigenvalue weighted by molar-refractivity contribution is 5.86. The van der Waals surface area contributed by atoms with Crippen LogP contribution in [0.25, 0.3) is 29.9 Å². The number of aromatic nitrogens is 4. The Kier molecular flexibility index (Phi) is 11.4. The number of hydrogen-bond donors (Lipinski definition) is 4. The predicted molar refractivity (Wildman–Crippen MR) is 162 cm³/mol. The second kappa shape index (κ2) is 13.0. The van der Waals surface area contributed by atoms with Crippen LogP contribution in [0.5, 0.6) is 0 Å². The summed E-state index contributed by atoms with van der Waals surface area (Å²) in [6.45, 7) is 0.908. The number of fused-ring (bicyclic) bond motifs is 8. The summed E-state index contributed by atoms with van der Waals surface area (Å²) in [5.41, 5.74) is 6.72. The van der Waals surface area contributed by atoms with E-state index < -0.39 is 0 Å². The molecule has 0 aromatic carbocycles. The fraction of sp³-hybridized carbons (Fsp3) is 0.0769. The smallest absolute Gasteiger partial charge is 0.0485 e. The van der Waals surface area contributed by atoms with Crippen molar-refractivity contribution in [2.75, 3.05) is 13.6 Å². The Morgan fingerprint density at radius 2 is 1.14 bits per heavy atom. The van der Waals surface area contributed by atoms with E-state index in [1.165, 1.54) is 11.1 Å². The first-order chi connectivity index (χ1) is 15.2. The van der Waals surface area contributed by atoms with E-state index in [1.54, 1.807) is 0 Å². The molecule has 8 bridgehead atoms. The lowest BCUT2D eigenvalue weighted by Crippen LogP contribution is -2.13. The number of aromatic amines is 4. The molecule has 4 N–H and O–H groups in total. The third kappa shape index (κ3) is 6.55. The molecule has 0 atom stereocenters. The number of H-pyrrole nitrogens is 4. The molecule has 10 heteroatoms. The zero-order valence-corrected chi connectivity index (χ0v) is 23.4. The molecule has 0 unspecified atom stereocenters. The molecule has 0 spiro atoms. The highest BCUT2D eigenvalue weighted by atomic mass is 35.5. The van der Waals surface area contributed by atoms with Gasteiger partial charge >= 0.3 is 0 Å². The molecule has 2 aliphatic heterocycles. The lowest BCUT2D eigenvalue weighted by molar-refractivity contribution is 0.506. The van der Waals surface area contributed by atoms with Crippen molar-refractivity contribution in [3.05, 3.63) is 111 Å². The van der Waals surface area contributed by atoms with Crippen molar-refractivity contribution in [2.45, 2.75) is 0 Å². The molecule has 6 heterocycles. The minimum absolute atomic E-state index is 0. The summed E-state index contributed by atoms with van der Waals surface area (Å²) in [4.78, 5) is 16.2. The van der Waals surface area contributed by atoms with Crippen molar-refractivity contribution in [1.29, 1.82) is 0 Å². The molecule has 0 saturated carbocycles. The van der Waals surface area contributed by atoms with Gasteiger partial charge in [0.05, 0.1) is 0 Å². The fourth-order valence-electron chi connectivity index (χ4n) is 4.15. The standard InChI is InChI=1S/C26H23N5.5ClH/c1-31-10-8-17(9-11-31)25-15-24-14-22-5-4-20(28-22)12-18-2-3-19(27-18)13-21-6-7-23(29-21)16-26(25)30-24;;;;;/h2-10,12-16,27-30H,11H2,1H3;5*1H. The SMILES string of the molecule is CN1C=CC(c2cc3[nH]c2C=c2ccc([nH]2)=Cc2ccc([nH]2)C=c2ccc([nH]2)=C3)=CC1.Cl.Cl.Cl.Cl.Cl. The molecule has 0 fully saturated rings. The molecule has 0 radical (unpaired) electrons. The summed E-state index contributed by atoms with van der Waals surface area (Å²) >= 11 is 0. The first-order valence-corrected chi connectivity index (χ1v) is 10.5. The van der Waals surface area contributed by atoms with Crippen molar-refractivity contribution in [3.63, 3.8) is 0 Å². The van der Waals surface area contributed by atoms with Gasteiger partial charge in [-0.3, -0.25) is 0 Å². The van der Waals surface area contributed by atoms with Crippen LogP contribution in [-0.2, 0) is 0 Å². The van der Waals surface area contributed by atoms with Crippen LogP contribution in [0.2, 0.25) is 0 Å². The van der Waals surface area contributed by atoms with Crippen LogP contribution in [0.3, 0.4) is 0 Å². The maximum absolute atomic E-state index is 3.60. The number of halogens is 5. The topological polar surface area (TPSA) is 66.4 Å². The van der Waals surface area contributed by atoms with E-state index in [1.807, 2.05) is 0 Å². The summed E-state index contributed by atoms with van der Waals surface area (Å²) in [5.74, 6) is 0. The third-order valence-electron chi connectivity index (χ3n) is 5.71. The number of nitrogens with one attached hydrogen (secondary N) is 4. The number of rotatable bonds is 1. The highest BCUT2D eigenvalue weighted by Gasteiger charge is 2.11. The Morgan fingerprint density at radius 3 is 1.67 bits per heavy atom. The normalized spacial score (nSPS) is 12.8. The minimum Gasteiger partial charge on any atom is -0.377 e. The van der Waals surface area contributed by atoms with Crippen molar-refractivity contribution < 1.29 is 0 Å². The Balaban J connectivity index is 0.00000130. The van der Waals surface area contributed by atoms with E-state index in [9.17, 15) is 0 Å². The lowest BCUT2D eigenvalue weighted by atomic mass is 10.0. The van der Waals surface area contributed by atoms with Gasteiger partial charge in [0.2, 0.25) is 0 Å². The van der Waals surface area contributed by atoms with Crippen LogP contribution in [-0.4, -0.2) is 38.4 Å². The van der Waals surface area contributed by atoms with E-state index in [0.29, 0.717) is 0 Å². The predicted octanol–water partition coefficient (Wildman–Crippen LogP) is 3.58. The maximum atomic E-state index is 3.60. The second-order valence-electron chi connectivity index (χ2n) is 8.15. The molecular formula is C26H28Cl5N5. The second-order valence-corrected chi connectivity index (χ2v) is 8.15. The Bertz CT molecular complexity index is 1600. The zero-order valence-electron chi connectivity index (χ0n) is 19.3. The molecule has 6 rings (SSSR count). The molecule has 0 aliphatic carbocycles. The third-order valence-corrected chi connectivity index (χ3v) is 5.71. The Hall–Kier alpha value is -2.67. The average molecular weight is 588 g/mol. The molecule has 0 amide bonds. The molecular weight excluding hydrogens is 560 g/mol. The lowest BCUT2D eigenvalue weighted by Gasteiger charge is -2.17. The van der Waals surface area contributed by atoms with E-state index in [-0.39, 0.29) is 62.0 Å². The van der Waals surface area contributed by atoms with Crippen LogP contribution in [0.15, 0.2) is 60.8 Å². The first-order valence-electron chi connectivity index (χ1n) is 10.5. The summed E-state index contributed by atoms with van der Waals surface area (Å²) in [7, 11) is 2.09. The summed E-state index contributed by atoms with van der Waals surface area (Å²) in [6, 6.07) is 14.8. The number of nitrogens with zero attached hydrogens (tertiary/aromatic N) is 1. The van der Waals surface area contributed by atoms with Gasteiger partial charge in [-0.05, 0) is 84.6 Å². The molecule has 4 aromatic rings. The summed E-state index contributed by atoms with van der Waals surface area (Å²) < 4.78 is 0. The summed E-state index contributed by atoms with van der Waals surface area (Å²) in [6.07, 6.45) is 15.1. The molecule has 36 heavy (non-hydrogen) atoms. The van der Waals surface area contributed by atoms with Crippen LogP contribution in [0.4, 0.5) is 0 Å². The largest absolute Gasteiger partial charge is 0.377 e. The number of hydrogen-bond acceptors (Lipinski definition) is 1. The summed E-state index contributed by atoms with van der Waals surface area (Å²) in [5, 5.41) is 4.25. The van der Waals surface area contributed by atoms with E-state index >= 15 is 0 Å². The van der Waals surface area contributed by atoms with Crippen LogP contribution >= 0.6 is 62.0 Å². The van der Waals surface area contributed by atoms with Gasteiger partial charge < -0.3 is 24.8 Å². The van der Waals surface area contributed by atoms with Gasteiger partial charge in [0.15, 0.2) is 0 Å². The molecule has 0 saturated heterocycles.